The SMILES string of the molecule is O=C1C(O)CCCN1c1ccccc1Cl. The number of rotatable bonds is 1. The Morgan fingerprint density at radius 1 is 1.40 bits per heavy atom. The second-order valence-electron chi connectivity index (χ2n) is 3.60. The molecule has 3 nitrogen and oxygen atoms in total. The van der Waals surface area contributed by atoms with Crippen molar-refractivity contribution in [3.05, 3.63) is 29.3 Å². The van der Waals surface area contributed by atoms with Gasteiger partial charge in [-0.3, -0.25) is 4.79 Å². The van der Waals surface area contributed by atoms with Crippen LogP contribution in [0.15, 0.2) is 24.3 Å². The number of hydrogen-bond acceptors (Lipinski definition) is 2. The lowest BCUT2D eigenvalue weighted by Gasteiger charge is -2.30. The van der Waals surface area contributed by atoms with Crippen molar-refractivity contribution in [1.29, 1.82) is 0 Å². The summed E-state index contributed by atoms with van der Waals surface area (Å²) in [5, 5.41) is 10.0. The Bertz CT molecular complexity index is 381. The number of carbonyl (C=O) groups is 1. The third-order valence-corrected chi connectivity index (χ3v) is 2.87. The zero-order valence-corrected chi connectivity index (χ0v) is 8.94. The lowest BCUT2D eigenvalue weighted by molar-refractivity contribution is -0.128. The van der Waals surface area contributed by atoms with E-state index in [1.807, 2.05) is 12.1 Å². The van der Waals surface area contributed by atoms with E-state index in [0.29, 0.717) is 23.7 Å². The maximum Gasteiger partial charge on any atom is 0.255 e. The predicted octanol–water partition coefficient (Wildman–Crippen LogP) is 1.83. The van der Waals surface area contributed by atoms with Gasteiger partial charge in [-0.2, -0.15) is 0 Å². The van der Waals surface area contributed by atoms with Gasteiger partial charge in [-0.1, -0.05) is 23.7 Å². The van der Waals surface area contributed by atoms with Crippen molar-refractivity contribution in [2.24, 2.45) is 0 Å². The summed E-state index contributed by atoms with van der Waals surface area (Å²) in [4.78, 5) is 13.2. The maximum atomic E-state index is 11.7. The largest absolute Gasteiger partial charge is 0.383 e. The van der Waals surface area contributed by atoms with E-state index in [-0.39, 0.29) is 5.91 Å². The van der Waals surface area contributed by atoms with Crippen molar-refractivity contribution in [2.45, 2.75) is 18.9 Å². The molecule has 1 N–H and O–H groups in total. The van der Waals surface area contributed by atoms with E-state index in [1.165, 1.54) is 0 Å². The normalized spacial score (nSPS) is 21.9. The fraction of sp³-hybridized carbons (Fsp3) is 0.364. The number of carbonyl (C=O) groups excluding carboxylic acids is 1. The van der Waals surface area contributed by atoms with Gasteiger partial charge < -0.3 is 10.0 Å². The molecule has 1 unspecified atom stereocenters. The number of anilines is 1. The summed E-state index contributed by atoms with van der Waals surface area (Å²) < 4.78 is 0. The van der Waals surface area contributed by atoms with Gasteiger partial charge >= 0.3 is 0 Å². The van der Waals surface area contributed by atoms with Gasteiger partial charge in [-0.15, -0.1) is 0 Å². The van der Waals surface area contributed by atoms with Crippen molar-refractivity contribution in [3.8, 4) is 0 Å². The minimum atomic E-state index is -0.880. The number of hydrogen-bond donors (Lipinski definition) is 1. The first-order valence-electron chi connectivity index (χ1n) is 4.94. The molecule has 0 aromatic heterocycles. The van der Waals surface area contributed by atoms with Crippen LogP contribution >= 0.6 is 11.6 Å². The summed E-state index contributed by atoms with van der Waals surface area (Å²) in [5.74, 6) is -0.255. The number of piperidine rings is 1. The number of aliphatic hydroxyl groups excluding tert-OH is 1. The van der Waals surface area contributed by atoms with E-state index in [1.54, 1.807) is 17.0 Å². The smallest absolute Gasteiger partial charge is 0.255 e. The van der Waals surface area contributed by atoms with Gasteiger partial charge in [0.25, 0.3) is 5.91 Å². The highest BCUT2D eigenvalue weighted by atomic mass is 35.5. The van der Waals surface area contributed by atoms with Gasteiger partial charge in [0, 0.05) is 6.54 Å². The topological polar surface area (TPSA) is 40.5 Å². The van der Waals surface area contributed by atoms with E-state index >= 15 is 0 Å². The van der Waals surface area contributed by atoms with Crippen LogP contribution in [0.4, 0.5) is 5.69 Å². The van der Waals surface area contributed by atoms with Crippen LogP contribution in [-0.2, 0) is 4.79 Å². The molecule has 1 aromatic carbocycles. The number of benzene rings is 1. The van der Waals surface area contributed by atoms with E-state index in [9.17, 15) is 9.90 Å². The van der Waals surface area contributed by atoms with Crippen molar-refractivity contribution in [3.63, 3.8) is 0 Å². The van der Waals surface area contributed by atoms with Crippen LogP contribution in [0.1, 0.15) is 12.8 Å². The number of amides is 1. The standard InChI is InChI=1S/C11H12ClNO2/c12-8-4-1-2-5-9(8)13-7-3-6-10(14)11(13)15/h1-2,4-5,10,14H,3,6-7H2. The summed E-state index contributed by atoms with van der Waals surface area (Å²) in [5.41, 5.74) is 0.683. The fourth-order valence-electron chi connectivity index (χ4n) is 1.77. The van der Waals surface area contributed by atoms with Crippen LogP contribution in [0, 0.1) is 0 Å². The second-order valence-corrected chi connectivity index (χ2v) is 4.01. The summed E-state index contributed by atoms with van der Waals surface area (Å²) in [7, 11) is 0. The van der Waals surface area contributed by atoms with Gasteiger partial charge in [-0.05, 0) is 25.0 Å². The maximum absolute atomic E-state index is 11.7. The van der Waals surface area contributed by atoms with Crippen molar-refractivity contribution < 1.29 is 9.90 Å². The molecule has 0 radical (unpaired) electrons. The van der Waals surface area contributed by atoms with E-state index in [2.05, 4.69) is 0 Å². The Morgan fingerprint density at radius 2 is 2.13 bits per heavy atom. The Kier molecular flexibility index (Phi) is 2.93. The zero-order valence-electron chi connectivity index (χ0n) is 8.19. The highest BCUT2D eigenvalue weighted by Crippen LogP contribution is 2.28. The molecule has 0 spiro atoms. The quantitative estimate of drug-likeness (QED) is 0.792. The molecular weight excluding hydrogens is 214 g/mol. The molecule has 2 rings (SSSR count). The average molecular weight is 226 g/mol. The van der Waals surface area contributed by atoms with Crippen LogP contribution in [0.5, 0.6) is 0 Å². The highest BCUT2D eigenvalue weighted by Gasteiger charge is 2.28. The van der Waals surface area contributed by atoms with E-state index < -0.39 is 6.10 Å². The first-order chi connectivity index (χ1) is 7.20. The third-order valence-electron chi connectivity index (χ3n) is 2.55. The molecular formula is C11H12ClNO2. The number of para-hydroxylation sites is 1. The number of nitrogens with zero attached hydrogens (tertiary/aromatic N) is 1. The molecule has 1 amide bonds. The molecule has 1 heterocycles. The molecule has 1 saturated heterocycles. The zero-order chi connectivity index (χ0) is 10.8. The Balaban J connectivity index is 2.30. The minimum absolute atomic E-state index is 0.255. The molecule has 0 saturated carbocycles. The molecule has 1 aliphatic heterocycles. The summed E-state index contributed by atoms with van der Waals surface area (Å²) in [6.07, 6.45) is 0.466. The van der Waals surface area contributed by atoms with Crippen molar-refractivity contribution >= 4 is 23.2 Å². The average Bonchev–Trinajstić information content (AvgIpc) is 2.23. The first kappa shape index (κ1) is 10.5. The lowest BCUT2D eigenvalue weighted by Crippen LogP contribution is -2.44. The monoisotopic (exact) mass is 225 g/mol. The summed E-state index contributed by atoms with van der Waals surface area (Å²) in [6.45, 7) is 0.625. The molecule has 1 fully saturated rings. The van der Waals surface area contributed by atoms with Gasteiger partial charge in [-0.25, -0.2) is 0 Å². The minimum Gasteiger partial charge on any atom is -0.383 e. The Morgan fingerprint density at radius 3 is 2.87 bits per heavy atom. The molecule has 4 heteroatoms. The second kappa shape index (κ2) is 4.21. The Labute approximate surface area is 93.3 Å². The number of aliphatic hydroxyl groups is 1. The van der Waals surface area contributed by atoms with Crippen LogP contribution < -0.4 is 4.90 Å². The van der Waals surface area contributed by atoms with Crippen LogP contribution in [0.3, 0.4) is 0 Å². The van der Waals surface area contributed by atoms with E-state index in [4.69, 9.17) is 11.6 Å². The molecule has 1 aromatic rings. The van der Waals surface area contributed by atoms with Crippen LogP contribution in [0.2, 0.25) is 5.02 Å². The molecule has 1 aliphatic rings. The molecule has 80 valence electrons. The number of halogens is 1. The van der Waals surface area contributed by atoms with Crippen molar-refractivity contribution in [2.75, 3.05) is 11.4 Å². The van der Waals surface area contributed by atoms with Gasteiger partial charge in [0.1, 0.15) is 6.10 Å². The van der Waals surface area contributed by atoms with Gasteiger partial charge in [0.2, 0.25) is 0 Å². The molecule has 0 bridgehead atoms. The first-order valence-corrected chi connectivity index (χ1v) is 5.32. The molecule has 15 heavy (non-hydrogen) atoms. The summed E-state index contributed by atoms with van der Waals surface area (Å²) in [6, 6.07) is 7.18. The fourth-order valence-corrected chi connectivity index (χ4v) is 2.00. The van der Waals surface area contributed by atoms with Crippen molar-refractivity contribution in [1.82, 2.24) is 0 Å². The highest BCUT2D eigenvalue weighted by molar-refractivity contribution is 6.33. The lowest BCUT2D eigenvalue weighted by atomic mass is 10.1. The third kappa shape index (κ3) is 1.98. The molecule has 1 atom stereocenters. The van der Waals surface area contributed by atoms with Crippen LogP contribution in [-0.4, -0.2) is 23.7 Å². The molecule has 0 aliphatic carbocycles. The van der Waals surface area contributed by atoms with Crippen LogP contribution in [0.25, 0.3) is 0 Å². The predicted molar refractivity (Wildman–Crippen MR) is 59.0 cm³/mol. The van der Waals surface area contributed by atoms with Gasteiger partial charge in [0.05, 0.1) is 10.7 Å². The summed E-state index contributed by atoms with van der Waals surface area (Å²) >= 11 is 6.00. The van der Waals surface area contributed by atoms with E-state index in [0.717, 1.165) is 6.42 Å². The van der Waals surface area contributed by atoms with Gasteiger partial charge in [0.15, 0.2) is 0 Å². The Hall–Kier alpha value is -1.06.